The summed E-state index contributed by atoms with van der Waals surface area (Å²) in [6.07, 6.45) is 0. The van der Waals surface area contributed by atoms with E-state index in [2.05, 4.69) is 5.32 Å². The van der Waals surface area contributed by atoms with Crippen LogP contribution in [-0.4, -0.2) is 42.0 Å². The molecule has 0 radical (unpaired) electrons. The summed E-state index contributed by atoms with van der Waals surface area (Å²) in [6.45, 7) is -0.0876. The summed E-state index contributed by atoms with van der Waals surface area (Å²) >= 11 is 0. The maximum absolute atomic E-state index is 13.7. The van der Waals surface area contributed by atoms with Crippen LogP contribution < -0.4 is 14.8 Å². The SMILES string of the molecule is COc1ccc(C2c3c(n(C)c4ccccc34)C(=O)N2CC(=O)Nc2cccc(OC)c2)cc1. The summed E-state index contributed by atoms with van der Waals surface area (Å²) in [5.74, 6) is 0.922. The summed E-state index contributed by atoms with van der Waals surface area (Å²) in [5.41, 5.74) is 4.04. The molecule has 1 atom stereocenters. The molecule has 2 amide bonds. The zero-order valence-corrected chi connectivity index (χ0v) is 19.2. The molecule has 0 aliphatic carbocycles. The van der Waals surface area contributed by atoms with Crippen molar-refractivity contribution in [3.05, 3.63) is 89.6 Å². The van der Waals surface area contributed by atoms with Crippen molar-refractivity contribution in [2.45, 2.75) is 6.04 Å². The van der Waals surface area contributed by atoms with Gasteiger partial charge in [-0.2, -0.15) is 0 Å². The summed E-state index contributed by atoms with van der Waals surface area (Å²) in [6, 6.07) is 22.3. The first-order valence-corrected chi connectivity index (χ1v) is 11.0. The van der Waals surface area contributed by atoms with Gasteiger partial charge in [-0.3, -0.25) is 9.59 Å². The molecule has 3 aromatic carbocycles. The Morgan fingerprint density at radius 1 is 0.941 bits per heavy atom. The number of methoxy groups -OCH3 is 2. The third-order valence-electron chi connectivity index (χ3n) is 6.29. The van der Waals surface area contributed by atoms with E-state index in [9.17, 15) is 9.59 Å². The lowest BCUT2D eigenvalue weighted by molar-refractivity contribution is -0.117. The van der Waals surface area contributed by atoms with Crippen LogP contribution in [0.15, 0.2) is 72.8 Å². The van der Waals surface area contributed by atoms with Crippen LogP contribution in [0.5, 0.6) is 11.5 Å². The number of aryl methyl sites for hydroxylation is 1. The number of aromatic nitrogens is 1. The highest BCUT2D eigenvalue weighted by atomic mass is 16.5. The number of amides is 2. The Balaban J connectivity index is 1.54. The molecule has 1 N–H and O–H groups in total. The molecule has 1 unspecified atom stereocenters. The average molecular weight is 456 g/mol. The molecular weight excluding hydrogens is 430 g/mol. The van der Waals surface area contributed by atoms with Crippen molar-refractivity contribution in [1.82, 2.24) is 9.47 Å². The van der Waals surface area contributed by atoms with Crippen LogP contribution in [0, 0.1) is 0 Å². The molecule has 5 rings (SSSR count). The summed E-state index contributed by atoms with van der Waals surface area (Å²) < 4.78 is 12.5. The maximum Gasteiger partial charge on any atom is 0.272 e. The van der Waals surface area contributed by atoms with Gasteiger partial charge >= 0.3 is 0 Å². The molecule has 7 nitrogen and oxygen atoms in total. The van der Waals surface area contributed by atoms with Gasteiger partial charge < -0.3 is 24.3 Å². The van der Waals surface area contributed by atoms with Crippen LogP contribution in [0.25, 0.3) is 10.9 Å². The van der Waals surface area contributed by atoms with Gasteiger partial charge in [0.15, 0.2) is 0 Å². The third kappa shape index (κ3) is 3.55. The van der Waals surface area contributed by atoms with E-state index in [1.165, 1.54) is 0 Å². The van der Waals surface area contributed by atoms with E-state index in [-0.39, 0.29) is 18.4 Å². The third-order valence-corrected chi connectivity index (χ3v) is 6.29. The molecule has 7 heteroatoms. The number of nitrogens with one attached hydrogen (secondary N) is 1. The van der Waals surface area contributed by atoms with Gasteiger partial charge in [0.25, 0.3) is 5.91 Å². The molecule has 34 heavy (non-hydrogen) atoms. The topological polar surface area (TPSA) is 72.8 Å². The standard InChI is InChI=1S/C27H25N3O4/c1-29-22-10-5-4-9-21(22)24-25(17-11-13-19(33-2)14-12-17)30(27(32)26(24)29)16-23(31)28-18-7-6-8-20(15-18)34-3/h4-15,25H,16H2,1-3H3,(H,28,31). The number of ether oxygens (including phenoxy) is 2. The monoisotopic (exact) mass is 455 g/mol. The number of nitrogens with zero attached hydrogens (tertiary/aromatic N) is 2. The Hall–Kier alpha value is -4.26. The number of carbonyl (C=O) groups is 2. The number of benzene rings is 3. The fourth-order valence-electron chi connectivity index (χ4n) is 4.72. The molecule has 172 valence electrons. The second-order valence-corrected chi connectivity index (χ2v) is 8.23. The molecule has 1 aromatic heterocycles. The highest BCUT2D eigenvalue weighted by molar-refractivity contribution is 6.08. The van der Waals surface area contributed by atoms with Crippen LogP contribution in [0.1, 0.15) is 27.7 Å². The van der Waals surface area contributed by atoms with Gasteiger partial charge in [-0.25, -0.2) is 0 Å². The van der Waals surface area contributed by atoms with Crippen LogP contribution in [0.3, 0.4) is 0 Å². The average Bonchev–Trinajstić information content (AvgIpc) is 3.31. The van der Waals surface area contributed by atoms with Gasteiger partial charge in [0.2, 0.25) is 5.91 Å². The Kier molecular flexibility index (Phi) is 5.45. The second-order valence-electron chi connectivity index (χ2n) is 8.23. The van der Waals surface area contributed by atoms with Crippen molar-refractivity contribution >= 4 is 28.4 Å². The van der Waals surface area contributed by atoms with E-state index in [0.717, 1.165) is 27.8 Å². The summed E-state index contributed by atoms with van der Waals surface area (Å²) in [5, 5.41) is 3.89. The number of rotatable bonds is 6. The zero-order chi connectivity index (χ0) is 23.8. The van der Waals surface area contributed by atoms with Gasteiger partial charge in [0.1, 0.15) is 23.7 Å². The highest BCUT2D eigenvalue weighted by Crippen LogP contribution is 2.44. The first-order valence-electron chi connectivity index (χ1n) is 11.0. The zero-order valence-electron chi connectivity index (χ0n) is 19.2. The Morgan fingerprint density at radius 2 is 1.68 bits per heavy atom. The second kappa shape index (κ2) is 8.59. The van der Waals surface area contributed by atoms with Crippen LogP contribution in [0.4, 0.5) is 5.69 Å². The van der Waals surface area contributed by atoms with Crippen molar-refractivity contribution in [1.29, 1.82) is 0 Å². The van der Waals surface area contributed by atoms with Gasteiger partial charge in [0.05, 0.1) is 20.3 Å². The van der Waals surface area contributed by atoms with Gasteiger partial charge in [0, 0.05) is 35.3 Å². The lowest BCUT2D eigenvalue weighted by Gasteiger charge is -2.26. The van der Waals surface area contributed by atoms with Crippen LogP contribution in [-0.2, 0) is 11.8 Å². The van der Waals surface area contributed by atoms with Gasteiger partial charge in [-0.05, 0) is 35.9 Å². The van der Waals surface area contributed by atoms with E-state index in [1.54, 1.807) is 43.4 Å². The van der Waals surface area contributed by atoms with Gasteiger partial charge in [-0.15, -0.1) is 0 Å². The molecule has 0 saturated heterocycles. The van der Waals surface area contributed by atoms with E-state index >= 15 is 0 Å². The molecule has 0 saturated carbocycles. The number of hydrogen-bond donors (Lipinski definition) is 1. The quantitative estimate of drug-likeness (QED) is 0.468. The minimum absolute atomic E-state index is 0.0876. The first-order chi connectivity index (χ1) is 16.5. The Morgan fingerprint density at radius 3 is 2.41 bits per heavy atom. The largest absolute Gasteiger partial charge is 0.497 e. The predicted octanol–water partition coefficient (Wildman–Crippen LogP) is 4.38. The van der Waals surface area contributed by atoms with Gasteiger partial charge in [-0.1, -0.05) is 36.4 Å². The predicted molar refractivity (Wildman–Crippen MR) is 130 cm³/mol. The number of hydrogen-bond acceptors (Lipinski definition) is 4. The minimum atomic E-state index is -0.393. The van der Waals surface area contributed by atoms with Crippen molar-refractivity contribution in [3.63, 3.8) is 0 Å². The lowest BCUT2D eigenvalue weighted by Crippen LogP contribution is -2.37. The summed E-state index contributed by atoms with van der Waals surface area (Å²) in [7, 11) is 5.08. The highest BCUT2D eigenvalue weighted by Gasteiger charge is 2.42. The lowest BCUT2D eigenvalue weighted by atomic mass is 9.98. The normalized spacial score (nSPS) is 14.9. The molecular formula is C27H25N3O4. The molecule has 0 spiro atoms. The number of carbonyl (C=O) groups excluding carboxylic acids is 2. The Labute approximate surface area is 197 Å². The van der Waals surface area contributed by atoms with Crippen molar-refractivity contribution in [2.75, 3.05) is 26.1 Å². The van der Waals surface area contributed by atoms with Crippen molar-refractivity contribution in [2.24, 2.45) is 7.05 Å². The molecule has 2 heterocycles. The first kappa shape index (κ1) is 21.6. The fourth-order valence-corrected chi connectivity index (χ4v) is 4.72. The van der Waals surface area contributed by atoms with E-state index < -0.39 is 6.04 Å². The van der Waals surface area contributed by atoms with Crippen molar-refractivity contribution < 1.29 is 19.1 Å². The molecule has 0 fully saturated rings. The van der Waals surface area contributed by atoms with Crippen molar-refractivity contribution in [3.8, 4) is 11.5 Å². The smallest absolute Gasteiger partial charge is 0.272 e. The molecule has 1 aliphatic rings. The van der Waals surface area contributed by atoms with E-state index in [4.69, 9.17) is 9.47 Å². The Bertz CT molecular complexity index is 1390. The maximum atomic E-state index is 13.7. The van der Waals surface area contributed by atoms with Crippen LogP contribution in [0.2, 0.25) is 0 Å². The van der Waals surface area contributed by atoms with E-state index in [1.807, 2.05) is 60.1 Å². The number of fused-ring (bicyclic) bond motifs is 3. The van der Waals surface area contributed by atoms with Crippen LogP contribution >= 0.6 is 0 Å². The molecule has 0 bridgehead atoms. The molecule has 4 aromatic rings. The number of para-hydroxylation sites is 1. The number of anilines is 1. The molecule has 1 aliphatic heterocycles. The minimum Gasteiger partial charge on any atom is -0.497 e. The fraction of sp³-hybridized carbons (Fsp3) is 0.185. The van der Waals surface area contributed by atoms with E-state index in [0.29, 0.717) is 17.1 Å². The summed E-state index contributed by atoms with van der Waals surface area (Å²) in [4.78, 5) is 28.3.